The molecule has 0 aliphatic carbocycles. The number of ether oxygens (including phenoxy) is 3. The molecule has 0 atom stereocenters. The van der Waals surface area contributed by atoms with Crippen LogP contribution in [0.15, 0.2) is 34.5 Å². The highest BCUT2D eigenvalue weighted by atomic mass is 32.2. The van der Waals surface area contributed by atoms with Gasteiger partial charge in [-0.3, -0.25) is 0 Å². The fourth-order valence-electron chi connectivity index (χ4n) is 2.81. The summed E-state index contributed by atoms with van der Waals surface area (Å²) in [5.74, 6) is -1.40. The van der Waals surface area contributed by atoms with Gasteiger partial charge in [-0.2, -0.15) is 0 Å². The number of nitrogens with two attached hydrogens (primary N) is 1. The maximum Gasteiger partial charge on any atom is 0.348 e. The molecule has 32 heavy (non-hydrogen) atoms. The van der Waals surface area contributed by atoms with Crippen LogP contribution in [0.4, 0.5) is 5.00 Å². The molecule has 2 N–H and O–H groups in total. The van der Waals surface area contributed by atoms with Crippen molar-refractivity contribution in [1.29, 1.82) is 0 Å². The topological polar surface area (TPSA) is 118 Å². The summed E-state index contributed by atoms with van der Waals surface area (Å²) in [6, 6.07) is 7.04. The number of nitrogen functional groups attached to an aromatic ring is 1. The summed E-state index contributed by atoms with van der Waals surface area (Å²) in [5, 5.41) is 3.04. The first-order valence-electron chi connectivity index (χ1n) is 9.23. The second kappa shape index (κ2) is 10.6. The summed E-state index contributed by atoms with van der Waals surface area (Å²) in [6.07, 6.45) is 0. The summed E-state index contributed by atoms with van der Waals surface area (Å²) in [7, 11) is 2.41. The number of thioether (sulfide) groups is 1. The molecule has 0 bridgehead atoms. The quantitative estimate of drug-likeness (QED) is 0.279. The molecular weight excluding hydrogens is 472 g/mol. The van der Waals surface area contributed by atoms with Crippen molar-refractivity contribution in [3.8, 4) is 0 Å². The second-order valence-electron chi connectivity index (χ2n) is 6.35. The molecule has 3 aromatic rings. The number of esters is 3. The Morgan fingerprint density at radius 2 is 1.81 bits per heavy atom. The minimum absolute atomic E-state index is 0.00716. The lowest BCUT2D eigenvalue weighted by Crippen LogP contribution is -2.13. The van der Waals surface area contributed by atoms with Crippen LogP contribution in [-0.4, -0.2) is 37.1 Å². The van der Waals surface area contributed by atoms with Crippen LogP contribution in [-0.2, 0) is 26.6 Å². The van der Waals surface area contributed by atoms with E-state index in [-0.39, 0.29) is 27.6 Å². The maximum atomic E-state index is 12.9. The lowest BCUT2D eigenvalue weighted by molar-refractivity contribution is 0.0449. The molecule has 2 aromatic heterocycles. The SMILES string of the molecule is COC(=O)c1sc(N)c(C(=O)OC)c1COC(=O)c1ccccc1SCc1csc(C)n1. The van der Waals surface area contributed by atoms with E-state index in [0.717, 1.165) is 26.9 Å². The third-order valence-electron chi connectivity index (χ3n) is 4.29. The number of hydrogen-bond donors (Lipinski definition) is 1. The zero-order valence-corrected chi connectivity index (χ0v) is 19.9. The minimum atomic E-state index is -0.727. The van der Waals surface area contributed by atoms with Crippen molar-refractivity contribution in [3.63, 3.8) is 0 Å². The number of carbonyl (C=O) groups is 3. The van der Waals surface area contributed by atoms with Crippen LogP contribution in [0.2, 0.25) is 0 Å². The Bertz CT molecular complexity index is 1150. The number of thiophene rings is 1. The van der Waals surface area contributed by atoms with E-state index in [9.17, 15) is 14.4 Å². The summed E-state index contributed by atoms with van der Waals surface area (Å²) in [5.41, 5.74) is 7.36. The first kappa shape index (κ1) is 23.8. The van der Waals surface area contributed by atoms with Gasteiger partial charge in [-0.1, -0.05) is 12.1 Å². The highest BCUT2D eigenvalue weighted by Gasteiger charge is 2.28. The van der Waals surface area contributed by atoms with Crippen molar-refractivity contribution in [3.05, 3.63) is 61.9 Å². The number of aryl methyl sites for hydroxylation is 1. The highest BCUT2D eigenvalue weighted by Crippen LogP contribution is 2.34. The smallest absolute Gasteiger partial charge is 0.348 e. The van der Waals surface area contributed by atoms with Gasteiger partial charge in [0.2, 0.25) is 0 Å². The molecule has 0 aliphatic rings. The van der Waals surface area contributed by atoms with E-state index in [4.69, 9.17) is 19.9 Å². The van der Waals surface area contributed by atoms with E-state index >= 15 is 0 Å². The number of carbonyl (C=O) groups excluding carboxylic acids is 3. The zero-order chi connectivity index (χ0) is 23.3. The Morgan fingerprint density at radius 1 is 1.09 bits per heavy atom. The Morgan fingerprint density at radius 3 is 2.47 bits per heavy atom. The Hall–Kier alpha value is -2.89. The summed E-state index contributed by atoms with van der Waals surface area (Å²) in [6.45, 7) is 1.60. The van der Waals surface area contributed by atoms with Crippen molar-refractivity contribution >= 4 is 57.3 Å². The molecule has 168 valence electrons. The van der Waals surface area contributed by atoms with Crippen molar-refractivity contribution in [2.24, 2.45) is 0 Å². The van der Waals surface area contributed by atoms with Gasteiger partial charge in [-0.15, -0.1) is 34.4 Å². The highest BCUT2D eigenvalue weighted by molar-refractivity contribution is 7.98. The maximum absolute atomic E-state index is 12.9. The van der Waals surface area contributed by atoms with E-state index in [1.807, 2.05) is 24.4 Å². The molecule has 0 saturated carbocycles. The number of thiazole rings is 1. The number of nitrogens with zero attached hydrogens (tertiary/aromatic N) is 1. The fourth-order valence-corrected chi connectivity index (χ4v) is 5.44. The molecule has 3 rings (SSSR count). The second-order valence-corrected chi connectivity index (χ2v) is 9.48. The average Bonchev–Trinajstić information content (AvgIpc) is 3.37. The van der Waals surface area contributed by atoms with Gasteiger partial charge < -0.3 is 19.9 Å². The third-order valence-corrected chi connectivity index (χ3v) is 7.26. The van der Waals surface area contributed by atoms with Crippen molar-refractivity contribution in [1.82, 2.24) is 4.98 Å². The van der Waals surface area contributed by atoms with Crippen molar-refractivity contribution in [2.75, 3.05) is 20.0 Å². The van der Waals surface area contributed by atoms with Gasteiger partial charge in [-0.05, 0) is 19.1 Å². The normalized spacial score (nSPS) is 10.6. The fraction of sp³-hybridized carbons (Fsp3) is 0.238. The molecule has 0 spiro atoms. The van der Waals surface area contributed by atoms with E-state index in [0.29, 0.717) is 11.3 Å². The van der Waals surface area contributed by atoms with Crippen LogP contribution in [0.5, 0.6) is 0 Å². The van der Waals surface area contributed by atoms with Crippen LogP contribution in [0.25, 0.3) is 0 Å². The Kier molecular flexibility index (Phi) is 7.89. The molecule has 1 aromatic carbocycles. The van der Waals surface area contributed by atoms with Crippen molar-refractivity contribution in [2.45, 2.75) is 24.2 Å². The summed E-state index contributed by atoms with van der Waals surface area (Å²) >= 11 is 3.91. The molecular formula is C21H20N2O6S3. The van der Waals surface area contributed by atoms with Gasteiger partial charge in [0.05, 0.1) is 30.5 Å². The van der Waals surface area contributed by atoms with Crippen LogP contribution >= 0.6 is 34.4 Å². The van der Waals surface area contributed by atoms with Crippen LogP contribution < -0.4 is 5.73 Å². The molecule has 0 radical (unpaired) electrons. The lowest BCUT2D eigenvalue weighted by Gasteiger charge is -2.10. The van der Waals surface area contributed by atoms with Crippen LogP contribution in [0.3, 0.4) is 0 Å². The minimum Gasteiger partial charge on any atom is -0.465 e. The molecule has 8 nitrogen and oxygen atoms in total. The van der Waals surface area contributed by atoms with E-state index in [1.165, 1.54) is 26.0 Å². The molecule has 0 aliphatic heterocycles. The number of hydrogen-bond acceptors (Lipinski definition) is 11. The number of aromatic nitrogens is 1. The Balaban J connectivity index is 1.80. The first-order valence-corrected chi connectivity index (χ1v) is 11.9. The third kappa shape index (κ3) is 5.29. The predicted molar refractivity (Wildman–Crippen MR) is 123 cm³/mol. The molecule has 0 fully saturated rings. The standard InChI is InChI=1S/C21H20N2O6S3/c1-11-23-12(9-30-11)10-31-15-7-5-4-6-13(15)19(24)29-8-14-16(20(25)27-2)18(22)32-17(14)21(26)28-3/h4-7,9H,8,10,22H2,1-3H3. The van der Waals surface area contributed by atoms with Gasteiger partial charge in [0, 0.05) is 21.6 Å². The molecule has 0 amide bonds. The van der Waals surface area contributed by atoms with E-state index < -0.39 is 17.9 Å². The molecule has 2 heterocycles. The van der Waals surface area contributed by atoms with E-state index in [1.54, 1.807) is 23.5 Å². The number of rotatable bonds is 8. The zero-order valence-electron chi connectivity index (χ0n) is 17.5. The molecule has 0 unspecified atom stereocenters. The summed E-state index contributed by atoms with van der Waals surface area (Å²) in [4.78, 5) is 42.4. The monoisotopic (exact) mass is 492 g/mol. The lowest BCUT2D eigenvalue weighted by atomic mass is 10.1. The van der Waals surface area contributed by atoms with Crippen LogP contribution in [0.1, 0.15) is 46.7 Å². The first-order chi connectivity index (χ1) is 15.3. The summed E-state index contributed by atoms with van der Waals surface area (Å²) < 4.78 is 15.0. The van der Waals surface area contributed by atoms with Gasteiger partial charge in [-0.25, -0.2) is 19.4 Å². The van der Waals surface area contributed by atoms with Gasteiger partial charge >= 0.3 is 17.9 Å². The van der Waals surface area contributed by atoms with Crippen molar-refractivity contribution < 1.29 is 28.6 Å². The predicted octanol–water partition coefficient (Wildman–Crippen LogP) is 4.32. The number of methoxy groups -OCH3 is 2. The number of benzene rings is 1. The van der Waals surface area contributed by atoms with Gasteiger partial charge in [0.15, 0.2) is 0 Å². The van der Waals surface area contributed by atoms with Gasteiger partial charge in [0.25, 0.3) is 0 Å². The largest absolute Gasteiger partial charge is 0.465 e. The average molecular weight is 493 g/mol. The van der Waals surface area contributed by atoms with Crippen LogP contribution in [0, 0.1) is 6.92 Å². The molecule has 0 saturated heterocycles. The van der Waals surface area contributed by atoms with E-state index in [2.05, 4.69) is 4.98 Å². The van der Waals surface area contributed by atoms with Gasteiger partial charge in [0.1, 0.15) is 22.0 Å². The number of anilines is 1. The Labute approximate surface area is 196 Å². The molecule has 11 heteroatoms.